The summed E-state index contributed by atoms with van der Waals surface area (Å²) in [6, 6.07) is 18.7. The second-order valence-corrected chi connectivity index (χ2v) is 9.12. The first-order valence-corrected chi connectivity index (χ1v) is 12.7. The Hall–Kier alpha value is -3.40. The molecule has 0 saturated carbocycles. The molecule has 0 heterocycles. The highest BCUT2D eigenvalue weighted by Gasteiger charge is 2.21. The van der Waals surface area contributed by atoms with Crippen molar-refractivity contribution >= 4 is 11.9 Å². The van der Waals surface area contributed by atoms with Gasteiger partial charge in [0, 0.05) is 0 Å². The van der Waals surface area contributed by atoms with E-state index in [2.05, 4.69) is 20.8 Å². The van der Waals surface area contributed by atoms with Crippen molar-refractivity contribution in [3.05, 3.63) is 88.5 Å². The number of unbranched alkanes of at least 4 members (excludes halogenated alkanes) is 1. The summed E-state index contributed by atoms with van der Waals surface area (Å²) in [5.41, 5.74) is 6.15. The summed E-state index contributed by atoms with van der Waals surface area (Å²) >= 11 is 0. The van der Waals surface area contributed by atoms with E-state index in [1.807, 2.05) is 49.4 Å². The van der Waals surface area contributed by atoms with Crippen LogP contribution in [0.2, 0.25) is 0 Å². The quantitative estimate of drug-likeness (QED) is 0.226. The molecule has 1 N–H and O–H groups in total. The fourth-order valence-corrected chi connectivity index (χ4v) is 4.68. The minimum absolute atomic E-state index is 0.243. The van der Waals surface area contributed by atoms with Gasteiger partial charge in [-0.1, -0.05) is 77.3 Å². The molecule has 4 nitrogen and oxygen atoms in total. The Balaban J connectivity index is 1.88. The van der Waals surface area contributed by atoms with Crippen molar-refractivity contribution in [1.82, 2.24) is 0 Å². The van der Waals surface area contributed by atoms with Gasteiger partial charge in [0.25, 0.3) is 0 Å². The highest BCUT2D eigenvalue weighted by molar-refractivity contribution is 5.92. The van der Waals surface area contributed by atoms with Crippen molar-refractivity contribution in [2.75, 3.05) is 0 Å². The zero-order valence-electron chi connectivity index (χ0n) is 21.3. The molecule has 0 aliphatic rings. The van der Waals surface area contributed by atoms with Gasteiger partial charge in [-0.2, -0.15) is 0 Å². The van der Waals surface area contributed by atoms with Crippen LogP contribution in [0.25, 0.3) is 11.1 Å². The maximum Gasteiger partial charge on any atom is 0.343 e. The number of aryl methyl sites for hydroxylation is 1. The molecule has 0 bridgehead atoms. The SMILES string of the molecule is CCCCC(C)c1c(-c2ccc(OC(=O)c3ccc(CCC)cc3)cc2)ccc(C(=O)O)c1CC. The third-order valence-electron chi connectivity index (χ3n) is 6.53. The van der Waals surface area contributed by atoms with Gasteiger partial charge < -0.3 is 9.84 Å². The first kappa shape index (κ1) is 26.2. The molecule has 3 aromatic rings. The molecular weight excluding hydrogens is 436 g/mol. The summed E-state index contributed by atoms with van der Waals surface area (Å²) in [5.74, 6) is -0.543. The summed E-state index contributed by atoms with van der Waals surface area (Å²) in [7, 11) is 0. The van der Waals surface area contributed by atoms with Crippen LogP contribution in [0.1, 0.15) is 96.7 Å². The summed E-state index contributed by atoms with van der Waals surface area (Å²) in [4.78, 5) is 24.5. The lowest BCUT2D eigenvalue weighted by atomic mass is 9.82. The molecular formula is C31H36O4. The fraction of sp³-hybridized carbons (Fsp3) is 0.355. The monoisotopic (exact) mass is 472 g/mol. The number of carboxylic acids is 1. The number of esters is 1. The van der Waals surface area contributed by atoms with Crippen LogP contribution in [0.15, 0.2) is 60.7 Å². The van der Waals surface area contributed by atoms with Crippen LogP contribution in [0.5, 0.6) is 5.75 Å². The second kappa shape index (κ2) is 12.3. The van der Waals surface area contributed by atoms with Gasteiger partial charge in [0.1, 0.15) is 5.75 Å². The van der Waals surface area contributed by atoms with E-state index in [0.717, 1.165) is 54.4 Å². The Morgan fingerprint density at radius 3 is 2.14 bits per heavy atom. The van der Waals surface area contributed by atoms with Gasteiger partial charge >= 0.3 is 11.9 Å². The van der Waals surface area contributed by atoms with Crippen molar-refractivity contribution in [2.24, 2.45) is 0 Å². The molecule has 3 rings (SSSR count). The van der Waals surface area contributed by atoms with Gasteiger partial charge in [0.05, 0.1) is 11.1 Å². The zero-order chi connectivity index (χ0) is 25.4. The van der Waals surface area contributed by atoms with Gasteiger partial charge in [0.15, 0.2) is 0 Å². The van der Waals surface area contributed by atoms with Crippen molar-refractivity contribution in [3.63, 3.8) is 0 Å². The number of rotatable bonds is 11. The van der Waals surface area contributed by atoms with Crippen molar-refractivity contribution in [2.45, 2.75) is 72.1 Å². The van der Waals surface area contributed by atoms with Crippen LogP contribution in [-0.2, 0) is 12.8 Å². The fourth-order valence-electron chi connectivity index (χ4n) is 4.68. The number of ether oxygens (including phenoxy) is 1. The van der Waals surface area contributed by atoms with E-state index in [-0.39, 0.29) is 11.9 Å². The average molecular weight is 473 g/mol. The van der Waals surface area contributed by atoms with E-state index in [1.165, 1.54) is 5.56 Å². The summed E-state index contributed by atoms with van der Waals surface area (Å²) in [5, 5.41) is 9.75. The predicted octanol–water partition coefficient (Wildman–Crippen LogP) is 8.08. The van der Waals surface area contributed by atoms with Crippen LogP contribution in [-0.4, -0.2) is 17.0 Å². The maximum atomic E-state index is 12.6. The molecule has 35 heavy (non-hydrogen) atoms. The van der Waals surface area contributed by atoms with E-state index < -0.39 is 5.97 Å². The van der Waals surface area contributed by atoms with Crippen molar-refractivity contribution in [3.8, 4) is 16.9 Å². The van der Waals surface area contributed by atoms with Gasteiger partial charge in [-0.25, -0.2) is 9.59 Å². The highest BCUT2D eigenvalue weighted by atomic mass is 16.5. The number of benzene rings is 3. The maximum absolute atomic E-state index is 12.6. The van der Waals surface area contributed by atoms with E-state index in [9.17, 15) is 14.7 Å². The standard InChI is InChI=1S/C31H36O4/c1-5-8-10-21(4)29-26(7-3)28(30(32)33)20-19-27(29)23-15-17-25(18-16-23)35-31(34)24-13-11-22(9-6-2)12-14-24/h11-21H,5-10H2,1-4H3,(H,32,33). The third kappa shape index (κ3) is 6.39. The Bertz CT molecular complexity index is 1140. The lowest BCUT2D eigenvalue weighted by Crippen LogP contribution is -2.10. The average Bonchev–Trinajstić information content (AvgIpc) is 2.87. The highest BCUT2D eigenvalue weighted by Crippen LogP contribution is 2.37. The predicted molar refractivity (Wildman–Crippen MR) is 142 cm³/mol. The molecule has 3 aromatic carbocycles. The number of aromatic carboxylic acids is 1. The molecule has 184 valence electrons. The molecule has 0 aromatic heterocycles. The van der Waals surface area contributed by atoms with Gasteiger partial charge in [-0.15, -0.1) is 0 Å². The van der Waals surface area contributed by atoms with E-state index >= 15 is 0 Å². The number of carbonyl (C=O) groups is 2. The van der Waals surface area contributed by atoms with E-state index in [1.54, 1.807) is 18.2 Å². The Morgan fingerprint density at radius 2 is 1.57 bits per heavy atom. The largest absolute Gasteiger partial charge is 0.478 e. The lowest BCUT2D eigenvalue weighted by molar-refractivity contribution is 0.0693. The number of carboxylic acid groups (broad SMARTS) is 1. The van der Waals surface area contributed by atoms with E-state index in [4.69, 9.17) is 4.74 Å². The van der Waals surface area contributed by atoms with Crippen LogP contribution in [0.4, 0.5) is 0 Å². The topological polar surface area (TPSA) is 63.6 Å². The summed E-state index contributed by atoms with van der Waals surface area (Å²) in [6.45, 7) is 8.49. The molecule has 0 saturated heterocycles. The van der Waals surface area contributed by atoms with Gasteiger partial charge in [-0.3, -0.25) is 0 Å². The molecule has 1 atom stereocenters. The summed E-state index contributed by atoms with van der Waals surface area (Å²) < 4.78 is 5.60. The molecule has 0 aliphatic heterocycles. The van der Waals surface area contributed by atoms with E-state index in [0.29, 0.717) is 23.3 Å². The Kier molecular flexibility index (Phi) is 9.25. The molecule has 0 aliphatic carbocycles. The Labute approximate surface area is 209 Å². The lowest BCUT2D eigenvalue weighted by Gasteiger charge is -2.22. The van der Waals surface area contributed by atoms with Crippen LogP contribution < -0.4 is 4.74 Å². The Morgan fingerprint density at radius 1 is 0.886 bits per heavy atom. The van der Waals surface area contributed by atoms with Crippen molar-refractivity contribution < 1.29 is 19.4 Å². The summed E-state index contributed by atoms with van der Waals surface area (Å²) in [6.07, 6.45) is 5.91. The number of hydrogen-bond acceptors (Lipinski definition) is 3. The first-order chi connectivity index (χ1) is 16.9. The van der Waals surface area contributed by atoms with Crippen LogP contribution >= 0.6 is 0 Å². The molecule has 0 fully saturated rings. The second-order valence-electron chi connectivity index (χ2n) is 9.12. The third-order valence-corrected chi connectivity index (χ3v) is 6.53. The molecule has 0 radical (unpaired) electrons. The molecule has 0 spiro atoms. The van der Waals surface area contributed by atoms with Crippen LogP contribution in [0, 0.1) is 0 Å². The van der Waals surface area contributed by atoms with Crippen LogP contribution in [0.3, 0.4) is 0 Å². The normalized spacial score (nSPS) is 11.8. The van der Waals surface area contributed by atoms with Gasteiger partial charge in [-0.05, 0) is 83.3 Å². The molecule has 4 heteroatoms. The van der Waals surface area contributed by atoms with Crippen molar-refractivity contribution in [1.29, 1.82) is 0 Å². The van der Waals surface area contributed by atoms with Gasteiger partial charge in [0.2, 0.25) is 0 Å². The first-order valence-electron chi connectivity index (χ1n) is 12.7. The number of carbonyl (C=O) groups excluding carboxylic acids is 1. The smallest absolute Gasteiger partial charge is 0.343 e. The minimum Gasteiger partial charge on any atom is -0.478 e. The number of hydrogen-bond donors (Lipinski definition) is 1. The zero-order valence-corrected chi connectivity index (χ0v) is 21.3. The minimum atomic E-state index is -0.887. The molecule has 1 unspecified atom stereocenters. The molecule has 0 amide bonds.